The predicted octanol–water partition coefficient (Wildman–Crippen LogP) is 10.4. The highest BCUT2D eigenvalue weighted by Gasteiger charge is 2.28. The Morgan fingerprint density at radius 3 is 2.21 bits per heavy atom. The molecule has 2 aromatic carbocycles. The topological polar surface area (TPSA) is 0 Å². The highest BCUT2D eigenvalue weighted by atomic mass is 32.2. The largest absolute Gasteiger partial charge is 0.0991 e. The van der Waals surface area contributed by atoms with E-state index in [1.807, 2.05) is 25.2 Å². The van der Waals surface area contributed by atoms with Crippen LogP contribution in [-0.4, -0.2) is 0 Å². The monoisotopic (exact) mass is 480 g/mol. The van der Waals surface area contributed by atoms with E-state index in [0.717, 1.165) is 33.0 Å². The van der Waals surface area contributed by atoms with E-state index < -0.39 is 0 Å². The maximum absolute atomic E-state index is 4.56. The van der Waals surface area contributed by atoms with Crippen LogP contribution in [0.5, 0.6) is 0 Å². The standard InChI is InChI=1S/C32H32S2/c1-8-11-16-22(4)24(6)30-31(25(7)26(10-3)17-12-9-2)34-32-28(27-18-14-13-15-19-27)21-20-23(5)29(32)33-30/h8-9,11-21H,1,4,6-7,10H2,2-3,5H3/b12-9-,16-11-,26-17+. The zero-order chi connectivity index (χ0) is 24.7. The smallest absolute Gasteiger partial charge is 0.0343 e. The number of hydrogen-bond acceptors (Lipinski definition) is 2. The Morgan fingerprint density at radius 1 is 0.882 bits per heavy atom. The fourth-order valence-corrected chi connectivity index (χ4v) is 6.48. The molecular weight excluding hydrogens is 448 g/mol. The Kier molecular flexibility index (Phi) is 9.04. The van der Waals surface area contributed by atoms with Crippen molar-refractivity contribution in [3.63, 3.8) is 0 Å². The average Bonchev–Trinajstić information content (AvgIpc) is 2.87. The van der Waals surface area contributed by atoms with E-state index in [1.54, 1.807) is 29.6 Å². The van der Waals surface area contributed by atoms with Gasteiger partial charge in [-0.2, -0.15) is 0 Å². The van der Waals surface area contributed by atoms with Gasteiger partial charge >= 0.3 is 0 Å². The Balaban J connectivity index is 2.21. The second kappa shape index (κ2) is 12.0. The lowest BCUT2D eigenvalue weighted by Gasteiger charge is -2.28. The van der Waals surface area contributed by atoms with Crippen molar-refractivity contribution in [3.8, 4) is 11.1 Å². The minimum atomic E-state index is 0.879. The fourth-order valence-electron chi connectivity index (χ4n) is 3.65. The van der Waals surface area contributed by atoms with E-state index in [9.17, 15) is 0 Å². The van der Waals surface area contributed by atoms with Gasteiger partial charge in [-0.1, -0.05) is 136 Å². The third-order valence-electron chi connectivity index (χ3n) is 5.64. The van der Waals surface area contributed by atoms with Gasteiger partial charge in [0.2, 0.25) is 0 Å². The first kappa shape index (κ1) is 25.7. The molecule has 172 valence electrons. The molecule has 1 aliphatic rings. The molecule has 34 heavy (non-hydrogen) atoms. The van der Waals surface area contributed by atoms with Crippen molar-refractivity contribution in [1.82, 2.24) is 0 Å². The van der Waals surface area contributed by atoms with E-state index in [2.05, 4.69) is 94.8 Å². The first-order valence-electron chi connectivity index (χ1n) is 11.4. The van der Waals surface area contributed by atoms with Crippen LogP contribution in [0.15, 0.2) is 147 Å². The van der Waals surface area contributed by atoms with Crippen LogP contribution in [0.1, 0.15) is 25.8 Å². The third kappa shape index (κ3) is 5.58. The number of thioether (sulfide) groups is 2. The Morgan fingerprint density at radius 2 is 1.56 bits per heavy atom. The van der Waals surface area contributed by atoms with Gasteiger partial charge in [0.05, 0.1) is 0 Å². The molecule has 0 atom stereocenters. The summed E-state index contributed by atoms with van der Waals surface area (Å²) >= 11 is 3.59. The summed E-state index contributed by atoms with van der Waals surface area (Å²) in [6, 6.07) is 15.0. The molecule has 0 aliphatic carbocycles. The molecule has 3 rings (SSSR count). The molecule has 2 aromatic rings. The fraction of sp³-hybridized carbons (Fsp3) is 0.125. The first-order valence-corrected chi connectivity index (χ1v) is 13.0. The van der Waals surface area contributed by atoms with Crippen molar-refractivity contribution in [1.29, 1.82) is 0 Å². The van der Waals surface area contributed by atoms with Gasteiger partial charge in [0.25, 0.3) is 0 Å². The number of fused-ring (bicyclic) bond motifs is 1. The quantitative estimate of drug-likeness (QED) is 0.327. The lowest BCUT2D eigenvalue weighted by atomic mass is 10.0. The zero-order valence-electron chi connectivity index (χ0n) is 20.4. The highest BCUT2D eigenvalue weighted by molar-refractivity contribution is 8.09. The normalized spacial score (nSPS) is 13.9. The van der Waals surface area contributed by atoms with Crippen LogP contribution in [-0.2, 0) is 0 Å². The molecule has 0 amide bonds. The van der Waals surface area contributed by atoms with Crippen LogP contribution in [0.2, 0.25) is 0 Å². The van der Waals surface area contributed by atoms with Crippen LogP contribution in [0.25, 0.3) is 11.1 Å². The molecule has 0 N–H and O–H groups in total. The summed E-state index contributed by atoms with van der Waals surface area (Å²) in [5.74, 6) is 0. The summed E-state index contributed by atoms with van der Waals surface area (Å²) < 4.78 is 0. The average molecular weight is 481 g/mol. The molecule has 1 aliphatic heterocycles. The van der Waals surface area contributed by atoms with Gasteiger partial charge in [0.15, 0.2) is 0 Å². The number of allylic oxidation sites excluding steroid dienone is 10. The minimum absolute atomic E-state index is 0.879. The van der Waals surface area contributed by atoms with Crippen LogP contribution in [0, 0.1) is 6.92 Å². The third-order valence-corrected chi connectivity index (χ3v) is 8.56. The SMILES string of the molecule is C=C/C=C\C(=C)C(=C)C1=C(C(=C)/C(=C/C=C\C)CC)Sc2c(-c3ccccc3)ccc(C)c2S1. The van der Waals surface area contributed by atoms with Crippen molar-refractivity contribution in [2.24, 2.45) is 0 Å². The van der Waals surface area contributed by atoms with Crippen molar-refractivity contribution in [3.05, 3.63) is 143 Å². The molecule has 1 heterocycles. The summed E-state index contributed by atoms with van der Waals surface area (Å²) in [6.07, 6.45) is 12.8. The summed E-state index contributed by atoms with van der Waals surface area (Å²) in [6.45, 7) is 23.4. The zero-order valence-corrected chi connectivity index (χ0v) is 22.0. The molecular formula is C32H32S2. The van der Waals surface area contributed by atoms with E-state index in [0.29, 0.717) is 0 Å². The lowest BCUT2D eigenvalue weighted by Crippen LogP contribution is -2.03. The number of hydrogen-bond donors (Lipinski definition) is 0. The molecule has 0 spiro atoms. The van der Waals surface area contributed by atoms with E-state index in [4.69, 9.17) is 0 Å². The van der Waals surface area contributed by atoms with Gasteiger partial charge in [-0.25, -0.2) is 0 Å². The van der Waals surface area contributed by atoms with Gasteiger partial charge in [0, 0.05) is 19.6 Å². The van der Waals surface area contributed by atoms with Crippen molar-refractivity contribution in [2.45, 2.75) is 37.0 Å². The Bertz CT molecular complexity index is 1250. The summed E-state index contributed by atoms with van der Waals surface area (Å²) in [5, 5.41) is 0. The van der Waals surface area contributed by atoms with Crippen LogP contribution in [0.4, 0.5) is 0 Å². The van der Waals surface area contributed by atoms with Crippen molar-refractivity contribution in [2.75, 3.05) is 0 Å². The maximum atomic E-state index is 4.56. The minimum Gasteiger partial charge on any atom is -0.0991 e. The summed E-state index contributed by atoms with van der Waals surface area (Å²) in [4.78, 5) is 4.82. The van der Waals surface area contributed by atoms with Crippen LogP contribution in [0.3, 0.4) is 0 Å². The van der Waals surface area contributed by atoms with Gasteiger partial charge in [-0.15, -0.1) is 0 Å². The molecule has 0 fully saturated rings. The number of benzene rings is 2. The van der Waals surface area contributed by atoms with Crippen molar-refractivity contribution < 1.29 is 0 Å². The molecule has 2 heteroatoms. The summed E-state index contributed by atoms with van der Waals surface area (Å²) in [5.41, 5.74) is 7.78. The Labute approximate surface area is 214 Å². The summed E-state index contributed by atoms with van der Waals surface area (Å²) in [7, 11) is 0. The lowest BCUT2D eigenvalue weighted by molar-refractivity contribution is 1.12. The van der Waals surface area contributed by atoms with Gasteiger partial charge < -0.3 is 0 Å². The second-order valence-electron chi connectivity index (χ2n) is 7.97. The number of rotatable bonds is 9. The molecule has 0 saturated carbocycles. The predicted molar refractivity (Wildman–Crippen MR) is 155 cm³/mol. The van der Waals surface area contributed by atoms with E-state index in [-0.39, 0.29) is 0 Å². The highest BCUT2D eigenvalue weighted by Crippen LogP contribution is 2.56. The Hall–Kier alpha value is -2.94. The molecule has 0 aromatic heterocycles. The molecule has 0 saturated heterocycles. The van der Waals surface area contributed by atoms with E-state index in [1.165, 1.54) is 32.1 Å². The van der Waals surface area contributed by atoms with Crippen LogP contribution < -0.4 is 0 Å². The molecule has 0 nitrogen and oxygen atoms in total. The van der Waals surface area contributed by atoms with Gasteiger partial charge in [0.1, 0.15) is 0 Å². The van der Waals surface area contributed by atoms with Gasteiger partial charge in [-0.3, -0.25) is 0 Å². The first-order chi connectivity index (χ1) is 16.4. The second-order valence-corrected chi connectivity index (χ2v) is 10.0. The van der Waals surface area contributed by atoms with Crippen molar-refractivity contribution >= 4 is 23.5 Å². The molecule has 0 unspecified atom stereocenters. The maximum Gasteiger partial charge on any atom is 0.0343 e. The number of aryl methyl sites for hydroxylation is 1. The van der Waals surface area contributed by atoms with Crippen LogP contribution >= 0.6 is 23.5 Å². The van der Waals surface area contributed by atoms with Gasteiger partial charge in [-0.05, 0) is 59.3 Å². The molecule has 0 bridgehead atoms. The van der Waals surface area contributed by atoms with E-state index >= 15 is 0 Å². The molecule has 0 radical (unpaired) electrons.